The van der Waals surface area contributed by atoms with Gasteiger partial charge in [0, 0.05) is 18.7 Å². The number of carbonyl (C=O) groups is 1. The molecule has 0 spiro atoms. The van der Waals surface area contributed by atoms with Crippen molar-refractivity contribution in [2.45, 2.75) is 20.0 Å². The molecule has 6 nitrogen and oxygen atoms in total. The Morgan fingerprint density at radius 1 is 1.33 bits per heavy atom. The first-order valence-corrected chi connectivity index (χ1v) is 6.85. The van der Waals surface area contributed by atoms with Crippen molar-refractivity contribution in [2.24, 2.45) is 0 Å². The highest BCUT2D eigenvalue weighted by molar-refractivity contribution is 5.79. The Bertz CT molecular complexity index is 733. The van der Waals surface area contributed by atoms with Crippen molar-refractivity contribution >= 4 is 16.9 Å². The Balaban J connectivity index is 1.75. The molecule has 2 aromatic heterocycles. The first-order valence-electron chi connectivity index (χ1n) is 6.85. The van der Waals surface area contributed by atoms with Crippen molar-refractivity contribution in [3.05, 3.63) is 48.4 Å². The first kappa shape index (κ1) is 13.4. The van der Waals surface area contributed by atoms with Crippen molar-refractivity contribution in [1.82, 2.24) is 19.9 Å². The van der Waals surface area contributed by atoms with Crippen LogP contribution in [0.3, 0.4) is 0 Å². The van der Waals surface area contributed by atoms with Crippen LogP contribution in [0.4, 0.5) is 0 Å². The number of nitrogens with zero attached hydrogens (tertiary/aromatic N) is 4. The minimum atomic E-state index is 0.00866. The molecule has 0 aliphatic rings. The summed E-state index contributed by atoms with van der Waals surface area (Å²) in [6.45, 7) is 3.32. The summed E-state index contributed by atoms with van der Waals surface area (Å²) in [4.78, 5) is 14.2. The number of hydrogen-bond acceptors (Lipinski definition) is 4. The minimum Gasteiger partial charge on any atom is -0.472 e. The number of hydrogen-bond donors (Lipinski definition) is 0. The molecule has 0 aliphatic heterocycles. The molecule has 0 fully saturated rings. The highest BCUT2D eigenvalue weighted by Crippen LogP contribution is 2.11. The topological polar surface area (TPSA) is 64.2 Å². The van der Waals surface area contributed by atoms with E-state index in [1.807, 2.05) is 37.3 Å². The van der Waals surface area contributed by atoms with E-state index in [0.29, 0.717) is 13.1 Å². The van der Waals surface area contributed by atoms with Crippen LogP contribution in [0, 0.1) is 0 Å². The van der Waals surface area contributed by atoms with Gasteiger partial charge < -0.3 is 9.32 Å². The monoisotopic (exact) mass is 284 g/mol. The molecule has 21 heavy (non-hydrogen) atoms. The molecule has 108 valence electrons. The molecule has 1 amide bonds. The van der Waals surface area contributed by atoms with Gasteiger partial charge in [-0.2, -0.15) is 0 Å². The van der Waals surface area contributed by atoms with E-state index in [0.717, 1.165) is 16.6 Å². The smallest absolute Gasteiger partial charge is 0.244 e. The third kappa shape index (κ3) is 2.79. The molecule has 0 saturated heterocycles. The average molecular weight is 284 g/mol. The van der Waals surface area contributed by atoms with Crippen LogP contribution in [0.25, 0.3) is 11.0 Å². The van der Waals surface area contributed by atoms with Crippen LogP contribution in [0.2, 0.25) is 0 Å². The van der Waals surface area contributed by atoms with Crippen molar-refractivity contribution in [1.29, 1.82) is 0 Å². The van der Waals surface area contributed by atoms with E-state index in [9.17, 15) is 4.79 Å². The Kier molecular flexibility index (Phi) is 3.68. The molecule has 0 aliphatic carbocycles. The summed E-state index contributed by atoms with van der Waals surface area (Å²) in [6.07, 6.45) is 3.26. The van der Waals surface area contributed by atoms with Gasteiger partial charge in [0.15, 0.2) is 0 Å². The van der Waals surface area contributed by atoms with E-state index < -0.39 is 0 Å². The third-order valence-electron chi connectivity index (χ3n) is 3.39. The molecular weight excluding hydrogens is 268 g/mol. The fourth-order valence-electron chi connectivity index (χ4n) is 2.24. The van der Waals surface area contributed by atoms with Crippen molar-refractivity contribution in [3.63, 3.8) is 0 Å². The molecular formula is C15H16N4O2. The molecule has 0 N–H and O–H groups in total. The largest absolute Gasteiger partial charge is 0.472 e. The predicted octanol–water partition coefficient (Wildman–Crippen LogP) is 2.07. The molecule has 3 rings (SSSR count). The zero-order valence-corrected chi connectivity index (χ0v) is 11.8. The lowest BCUT2D eigenvalue weighted by Gasteiger charge is -2.20. The Morgan fingerprint density at radius 2 is 2.19 bits per heavy atom. The van der Waals surface area contributed by atoms with Crippen molar-refractivity contribution < 1.29 is 9.21 Å². The Morgan fingerprint density at radius 3 is 2.95 bits per heavy atom. The maximum atomic E-state index is 12.4. The van der Waals surface area contributed by atoms with Crippen LogP contribution < -0.4 is 0 Å². The maximum absolute atomic E-state index is 12.4. The van der Waals surface area contributed by atoms with Gasteiger partial charge in [-0.1, -0.05) is 17.3 Å². The normalized spacial score (nSPS) is 10.9. The summed E-state index contributed by atoms with van der Waals surface area (Å²) in [6, 6.07) is 9.47. The van der Waals surface area contributed by atoms with E-state index in [-0.39, 0.29) is 12.5 Å². The SMILES string of the molecule is CCN(Cc1ccoc1)C(=O)Cn1nnc2ccccc21. The van der Waals surface area contributed by atoms with Gasteiger partial charge in [-0.25, -0.2) is 4.68 Å². The average Bonchev–Trinajstić information content (AvgIpc) is 3.15. The number of furan rings is 1. The summed E-state index contributed by atoms with van der Waals surface area (Å²) in [5.74, 6) is 0.00866. The van der Waals surface area contributed by atoms with Crippen LogP contribution in [-0.2, 0) is 17.9 Å². The first-order chi connectivity index (χ1) is 10.3. The van der Waals surface area contributed by atoms with Crippen LogP contribution in [0.1, 0.15) is 12.5 Å². The van der Waals surface area contributed by atoms with E-state index in [1.165, 1.54) is 0 Å². The number of rotatable bonds is 5. The standard InChI is InChI=1S/C15H16N4O2/c1-2-18(9-12-7-8-21-11-12)15(20)10-19-14-6-4-3-5-13(14)16-17-19/h3-8,11H,2,9-10H2,1H3. The number of amides is 1. The van der Waals surface area contributed by atoms with E-state index in [2.05, 4.69) is 10.3 Å². The number of para-hydroxylation sites is 1. The van der Waals surface area contributed by atoms with Crippen LogP contribution in [0.5, 0.6) is 0 Å². The van der Waals surface area contributed by atoms with Crippen molar-refractivity contribution in [2.75, 3.05) is 6.54 Å². The number of aromatic nitrogens is 3. The molecule has 0 bridgehead atoms. The third-order valence-corrected chi connectivity index (χ3v) is 3.39. The number of likely N-dealkylation sites (N-methyl/N-ethyl adjacent to an activating group) is 1. The molecule has 0 unspecified atom stereocenters. The summed E-state index contributed by atoms with van der Waals surface area (Å²) in [5.41, 5.74) is 2.64. The van der Waals surface area contributed by atoms with Gasteiger partial charge >= 0.3 is 0 Å². The van der Waals surface area contributed by atoms with Gasteiger partial charge in [0.25, 0.3) is 0 Å². The zero-order chi connectivity index (χ0) is 14.7. The second-order valence-corrected chi connectivity index (χ2v) is 4.78. The van der Waals surface area contributed by atoms with E-state index in [4.69, 9.17) is 4.42 Å². The summed E-state index contributed by atoms with van der Waals surface area (Å²) in [5, 5.41) is 8.11. The minimum absolute atomic E-state index is 0.00866. The molecule has 0 saturated carbocycles. The summed E-state index contributed by atoms with van der Waals surface area (Å²) < 4.78 is 6.67. The van der Waals surface area contributed by atoms with Gasteiger partial charge in [-0.15, -0.1) is 5.10 Å². The van der Waals surface area contributed by atoms with Gasteiger partial charge in [0.05, 0.1) is 18.0 Å². The van der Waals surface area contributed by atoms with Gasteiger partial charge in [-0.05, 0) is 25.1 Å². The lowest BCUT2D eigenvalue weighted by molar-refractivity contribution is -0.132. The second-order valence-electron chi connectivity index (χ2n) is 4.78. The second kappa shape index (κ2) is 5.78. The highest BCUT2D eigenvalue weighted by atomic mass is 16.3. The number of benzene rings is 1. The summed E-state index contributed by atoms with van der Waals surface area (Å²) >= 11 is 0. The molecule has 1 aromatic carbocycles. The van der Waals surface area contributed by atoms with Crippen LogP contribution >= 0.6 is 0 Å². The predicted molar refractivity (Wildman–Crippen MR) is 77.3 cm³/mol. The van der Waals surface area contributed by atoms with Gasteiger partial charge in [0.2, 0.25) is 5.91 Å². The zero-order valence-electron chi connectivity index (χ0n) is 11.8. The highest BCUT2D eigenvalue weighted by Gasteiger charge is 2.15. The van der Waals surface area contributed by atoms with Gasteiger partial charge in [-0.3, -0.25) is 4.79 Å². The molecule has 2 heterocycles. The quantitative estimate of drug-likeness (QED) is 0.719. The van der Waals surface area contributed by atoms with E-state index in [1.54, 1.807) is 22.1 Å². The van der Waals surface area contributed by atoms with Crippen molar-refractivity contribution in [3.8, 4) is 0 Å². The molecule has 3 aromatic rings. The van der Waals surface area contributed by atoms with E-state index >= 15 is 0 Å². The Hall–Kier alpha value is -2.63. The lowest BCUT2D eigenvalue weighted by atomic mass is 10.3. The number of carbonyl (C=O) groups excluding carboxylic acids is 1. The van der Waals surface area contributed by atoms with Gasteiger partial charge in [0.1, 0.15) is 12.1 Å². The number of fused-ring (bicyclic) bond motifs is 1. The summed E-state index contributed by atoms with van der Waals surface area (Å²) in [7, 11) is 0. The Labute approximate surface area is 122 Å². The molecule has 6 heteroatoms. The fourth-order valence-corrected chi connectivity index (χ4v) is 2.24. The van der Waals surface area contributed by atoms with Crippen LogP contribution in [-0.4, -0.2) is 32.3 Å². The maximum Gasteiger partial charge on any atom is 0.244 e. The molecule has 0 radical (unpaired) electrons. The molecule has 0 atom stereocenters. The fraction of sp³-hybridized carbons (Fsp3) is 0.267. The van der Waals surface area contributed by atoms with Crippen LogP contribution in [0.15, 0.2) is 47.3 Å². The lowest BCUT2D eigenvalue weighted by Crippen LogP contribution is -2.33.